The van der Waals surface area contributed by atoms with E-state index in [1.807, 2.05) is 13.8 Å². The Hall–Kier alpha value is -0.900. The van der Waals surface area contributed by atoms with Crippen molar-refractivity contribution in [2.45, 2.75) is 40.5 Å². The maximum atomic E-state index is 12.1. The lowest BCUT2D eigenvalue weighted by Gasteiger charge is -2.22. The minimum atomic E-state index is -0.298. The highest BCUT2D eigenvalue weighted by Crippen LogP contribution is 2.17. The van der Waals surface area contributed by atoms with Gasteiger partial charge in [-0.05, 0) is 26.1 Å². The smallest absolute Gasteiger partial charge is 0.306 e. The lowest BCUT2D eigenvalue weighted by atomic mass is 9.89. The summed E-state index contributed by atoms with van der Waals surface area (Å²) in [4.78, 5) is 25.7. The maximum absolute atomic E-state index is 12.1. The molecule has 0 aromatic rings. The van der Waals surface area contributed by atoms with Crippen molar-refractivity contribution in [2.24, 2.45) is 11.8 Å². The first kappa shape index (κ1) is 17.1. The van der Waals surface area contributed by atoms with Crippen molar-refractivity contribution in [3.63, 3.8) is 0 Å². The van der Waals surface area contributed by atoms with Gasteiger partial charge in [-0.25, -0.2) is 0 Å². The zero-order chi connectivity index (χ0) is 14.1. The van der Waals surface area contributed by atoms with Gasteiger partial charge in [0, 0.05) is 11.8 Å². The fourth-order valence-corrected chi connectivity index (χ4v) is 1.98. The second-order valence-electron chi connectivity index (χ2n) is 4.85. The molecule has 0 aliphatic carbocycles. The third-order valence-electron chi connectivity index (χ3n) is 3.30. The van der Waals surface area contributed by atoms with Crippen LogP contribution in [-0.4, -0.2) is 43.4 Å². The molecule has 0 fully saturated rings. The van der Waals surface area contributed by atoms with E-state index in [9.17, 15) is 9.59 Å². The van der Waals surface area contributed by atoms with Crippen molar-refractivity contribution in [2.75, 3.05) is 26.7 Å². The number of carbonyl (C=O) groups is 2. The minimum absolute atomic E-state index is 0.0311. The first-order valence-electron chi connectivity index (χ1n) is 6.79. The molecule has 0 aliphatic heterocycles. The van der Waals surface area contributed by atoms with Crippen molar-refractivity contribution in [3.8, 4) is 0 Å². The summed E-state index contributed by atoms with van der Waals surface area (Å²) in [6, 6.07) is 0. The van der Waals surface area contributed by atoms with Crippen LogP contribution in [0.3, 0.4) is 0 Å². The summed E-state index contributed by atoms with van der Waals surface area (Å²) < 4.78 is 4.67. The summed E-state index contributed by atoms with van der Waals surface area (Å²) in [6.45, 7) is 10.8. The predicted octanol–water partition coefficient (Wildman–Crippen LogP) is 2.12. The number of esters is 1. The largest absolute Gasteiger partial charge is 0.469 e. The molecule has 0 radical (unpaired) electrons. The molecule has 0 spiro atoms. The summed E-state index contributed by atoms with van der Waals surface area (Å²) in [6.07, 6.45) is 0.933. The number of hydrogen-bond donors (Lipinski definition) is 0. The van der Waals surface area contributed by atoms with Crippen LogP contribution >= 0.6 is 0 Å². The van der Waals surface area contributed by atoms with Crippen LogP contribution in [0.5, 0.6) is 0 Å². The van der Waals surface area contributed by atoms with Crippen molar-refractivity contribution < 1.29 is 14.3 Å². The van der Waals surface area contributed by atoms with Gasteiger partial charge in [0.25, 0.3) is 0 Å². The number of ketones is 1. The molecule has 0 unspecified atom stereocenters. The van der Waals surface area contributed by atoms with E-state index in [1.54, 1.807) is 0 Å². The summed E-state index contributed by atoms with van der Waals surface area (Å²) >= 11 is 0. The van der Waals surface area contributed by atoms with Gasteiger partial charge >= 0.3 is 5.97 Å². The van der Waals surface area contributed by atoms with Crippen LogP contribution in [0.4, 0.5) is 0 Å². The Morgan fingerprint density at radius 2 is 1.72 bits per heavy atom. The second-order valence-corrected chi connectivity index (χ2v) is 4.85. The van der Waals surface area contributed by atoms with E-state index >= 15 is 0 Å². The van der Waals surface area contributed by atoms with Crippen LogP contribution in [0.25, 0.3) is 0 Å². The quantitative estimate of drug-likeness (QED) is 0.594. The molecule has 0 aliphatic rings. The number of carbonyl (C=O) groups excluding carboxylic acids is 2. The Balaban J connectivity index is 4.47. The average molecular weight is 257 g/mol. The second kappa shape index (κ2) is 9.09. The standard InChI is InChI=1S/C14H27NO3/c1-6-15(7-2)9-8-12(10-13(16)18-5)14(17)11(3)4/h11-12H,6-10H2,1-5H3/t12-/m0/s1. The van der Waals surface area contributed by atoms with Gasteiger partial charge in [0.1, 0.15) is 5.78 Å². The third kappa shape index (κ3) is 6.15. The zero-order valence-corrected chi connectivity index (χ0v) is 12.4. The summed E-state index contributed by atoms with van der Waals surface area (Å²) in [5, 5.41) is 0. The molecule has 4 nitrogen and oxygen atoms in total. The molecule has 0 aromatic heterocycles. The number of rotatable bonds is 9. The summed E-state index contributed by atoms with van der Waals surface area (Å²) in [5.74, 6) is -0.379. The lowest BCUT2D eigenvalue weighted by Crippen LogP contribution is -2.30. The number of methoxy groups -OCH3 is 1. The van der Waals surface area contributed by atoms with Crippen molar-refractivity contribution in [1.29, 1.82) is 0 Å². The molecule has 4 heteroatoms. The van der Waals surface area contributed by atoms with E-state index in [0.29, 0.717) is 0 Å². The third-order valence-corrected chi connectivity index (χ3v) is 3.30. The number of ether oxygens (including phenoxy) is 1. The molecule has 0 saturated carbocycles. The van der Waals surface area contributed by atoms with E-state index in [0.717, 1.165) is 26.1 Å². The number of Topliss-reactive ketones (excluding diaryl/α,β-unsaturated/α-hetero) is 1. The lowest BCUT2D eigenvalue weighted by molar-refractivity contribution is -0.144. The minimum Gasteiger partial charge on any atom is -0.469 e. The Bertz CT molecular complexity index is 260. The van der Waals surface area contributed by atoms with Crippen LogP contribution in [-0.2, 0) is 14.3 Å². The van der Waals surface area contributed by atoms with Gasteiger partial charge in [0.2, 0.25) is 0 Å². The Labute approximate surface area is 111 Å². The Morgan fingerprint density at radius 3 is 2.11 bits per heavy atom. The highest BCUT2D eigenvalue weighted by Gasteiger charge is 2.24. The van der Waals surface area contributed by atoms with Crippen molar-refractivity contribution >= 4 is 11.8 Å². The fourth-order valence-electron chi connectivity index (χ4n) is 1.98. The van der Waals surface area contributed by atoms with Gasteiger partial charge in [-0.1, -0.05) is 27.7 Å². The molecule has 0 bridgehead atoms. The first-order valence-corrected chi connectivity index (χ1v) is 6.79. The molecule has 0 N–H and O–H groups in total. The van der Waals surface area contributed by atoms with Crippen LogP contribution in [0.2, 0.25) is 0 Å². The average Bonchev–Trinajstić information content (AvgIpc) is 2.37. The van der Waals surface area contributed by atoms with E-state index in [2.05, 4.69) is 23.5 Å². The van der Waals surface area contributed by atoms with Crippen LogP contribution in [0, 0.1) is 11.8 Å². The topological polar surface area (TPSA) is 46.6 Å². The van der Waals surface area contributed by atoms with Gasteiger partial charge in [0.15, 0.2) is 0 Å². The fraction of sp³-hybridized carbons (Fsp3) is 0.857. The van der Waals surface area contributed by atoms with Crippen LogP contribution in [0.15, 0.2) is 0 Å². The Kier molecular flexibility index (Phi) is 8.63. The summed E-state index contributed by atoms with van der Waals surface area (Å²) in [5.41, 5.74) is 0. The van der Waals surface area contributed by atoms with Gasteiger partial charge in [-0.3, -0.25) is 9.59 Å². The molecular formula is C14H27NO3. The molecular weight excluding hydrogens is 230 g/mol. The van der Waals surface area contributed by atoms with Gasteiger partial charge in [0.05, 0.1) is 13.5 Å². The summed E-state index contributed by atoms with van der Waals surface area (Å²) in [7, 11) is 1.36. The number of nitrogens with zero attached hydrogens (tertiary/aromatic N) is 1. The monoisotopic (exact) mass is 257 g/mol. The van der Waals surface area contributed by atoms with Gasteiger partial charge < -0.3 is 9.64 Å². The molecule has 1 atom stereocenters. The van der Waals surface area contributed by atoms with E-state index in [1.165, 1.54) is 7.11 Å². The van der Waals surface area contributed by atoms with Gasteiger partial charge in [-0.15, -0.1) is 0 Å². The van der Waals surface area contributed by atoms with E-state index in [-0.39, 0.29) is 30.0 Å². The normalized spacial score (nSPS) is 12.8. The van der Waals surface area contributed by atoms with Crippen LogP contribution < -0.4 is 0 Å². The maximum Gasteiger partial charge on any atom is 0.306 e. The molecule has 0 rings (SSSR count). The van der Waals surface area contributed by atoms with E-state index in [4.69, 9.17) is 0 Å². The van der Waals surface area contributed by atoms with Crippen molar-refractivity contribution in [3.05, 3.63) is 0 Å². The zero-order valence-electron chi connectivity index (χ0n) is 12.4. The SMILES string of the molecule is CCN(CC)CC[C@@H](CC(=O)OC)C(=O)C(C)C. The molecule has 18 heavy (non-hydrogen) atoms. The van der Waals surface area contributed by atoms with Crippen molar-refractivity contribution in [1.82, 2.24) is 4.90 Å². The predicted molar refractivity (Wildman–Crippen MR) is 72.4 cm³/mol. The Morgan fingerprint density at radius 1 is 1.17 bits per heavy atom. The number of hydrogen-bond acceptors (Lipinski definition) is 4. The van der Waals surface area contributed by atoms with Crippen LogP contribution in [0.1, 0.15) is 40.5 Å². The highest BCUT2D eigenvalue weighted by molar-refractivity contribution is 5.86. The molecule has 0 heterocycles. The molecule has 0 saturated heterocycles. The molecule has 0 aromatic carbocycles. The molecule has 0 amide bonds. The molecule has 106 valence electrons. The first-order chi connectivity index (χ1) is 8.46. The van der Waals surface area contributed by atoms with Gasteiger partial charge in [-0.2, -0.15) is 0 Å². The highest BCUT2D eigenvalue weighted by atomic mass is 16.5. The van der Waals surface area contributed by atoms with E-state index < -0.39 is 0 Å².